The second-order valence-electron chi connectivity index (χ2n) is 15.1. The summed E-state index contributed by atoms with van der Waals surface area (Å²) in [4.78, 5) is 29.5. The van der Waals surface area contributed by atoms with Crippen LogP contribution in [0.1, 0.15) is 36.8 Å². The van der Waals surface area contributed by atoms with Crippen LogP contribution in [-0.4, -0.2) is 97.6 Å². The normalized spacial score (nSPS) is 14.2. The molecule has 0 aliphatic heterocycles. The number of amides is 1. The predicted octanol–water partition coefficient (Wildman–Crippen LogP) is 8.37. The Hall–Kier alpha value is -1.79. The maximum absolute atomic E-state index is 14.7. The lowest BCUT2D eigenvalue weighted by atomic mass is 10.0. The van der Waals surface area contributed by atoms with E-state index < -0.39 is 46.3 Å². The number of nitrogens with zero attached hydrogens (tertiary/aromatic N) is 2. The lowest BCUT2D eigenvalue weighted by molar-refractivity contribution is -0.148. The fraction of sp³-hybridized carbons (Fsp3) is 0.611. The van der Waals surface area contributed by atoms with Gasteiger partial charge in [0.1, 0.15) is 22.8 Å². The van der Waals surface area contributed by atoms with Gasteiger partial charge in [0.15, 0.2) is 14.4 Å². The van der Waals surface area contributed by atoms with Gasteiger partial charge in [-0.2, -0.15) is 0 Å². The largest absolute Gasteiger partial charge is 0.497 e. The van der Waals surface area contributed by atoms with E-state index in [2.05, 4.69) is 91.9 Å². The molecule has 0 spiro atoms. The standard InChI is InChI=1S/C36H58Br2N2O8Si2/c1-13-27(32(48-50(11,12)36(2,3)4)24-47-22-26-14-16-28(44-6)17-15-26)21-39(31(23-43-5)35(42)45-7)34(41)30-20-29(37)33(38)40(30)25-46-18-19-49(8,9)10/h13-17,20,27,31-32H,1,18-19,21-25H2,2-12H3/t27-,31?,32+/m1/s1. The quantitative estimate of drug-likeness (QED) is 0.0535. The number of carbonyl (C=O) groups is 2. The second-order valence-corrected chi connectivity index (χ2v) is 27.1. The predicted molar refractivity (Wildman–Crippen MR) is 211 cm³/mol. The Morgan fingerprint density at radius 3 is 2.16 bits per heavy atom. The summed E-state index contributed by atoms with van der Waals surface area (Å²) in [6.07, 6.45) is 1.30. The van der Waals surface area contributed by atoms with Gasteiger partial charge in [0.2, 0.25) is 0 Å². The molecule has 2 rings (SSSR count). The number of esters is 1. The molecule has 1 heterocycles. The van der Waals surface area contributed by atoms with E-state index in [9.17, 15) is 9.59 Å². The van der Waals surface area contributed by atoms with Crippen molar-refractivity contribution in [3.63, 3.8) is 0 Å². The van der Waals surface area contributed by atoms with E-state index in [0.717, 1.165) is 17.4 Å². The molecular formula is C36H58Br2N2O8Si2. The zero-order valence-electron chi connectivity index (χ0n) is 31.8. The number of hydrogen-bond donors (Lipinski definition) is 0. The molecule has 2 aromatic rings. The topological polar surface area (TPSA) is 97.7 Å². The monoisotopic (exact) mass is 860 g/mol. The van der Waals surface area contributed by atoms with E-state index in [-0.39, 0.29) is 31.5 Å². The molecule has 0 bridgehead atoms. The van der Waals surface area contributed by atoms with Crippen LogP contribution < -0.4 is 4.74 Å². The van der Waals surface area contributed by atoms with Gasteiger partial charge in [-0.15, -0.1) is 6.58 Å². The Bertz CT molecular complexity index is 1390. The molecule has 0 fully saturated rings. The fourth-order valence-corrected chi connectivity index (χ4v) is 7.74. The van der Waals surface area contributed by atoms with E-state index in [1.165, 1.54) is 19.1 Å². The van der Waals surface area contributed by atoms with E-state index >= 15 is 0 Å². The molecule has 14 heteroatoms. The molecule has 1 amide bonds. The highest BCUT2D eigenvalue weighted by Gasteiger charge is 2.42. The molecule has 1 unspecified atom stereocenters. The smallest absolute Gasteiger partial charge is 0.331 e. The molecule has 0 saturated carbocycles. The highest BCUT2D eigenvalue weighted by Crippen LogP contribution is 2.38. The van der Waals surface area contributed by atoms with Gasteiger partial charge in [-0.1, -0.05) is 58.6 Å². The summed E-state index contributed by atoms with van der Waals surface area (Å²) in [7, 11) is 0.759. The first kappa shape index (κ1) is 44.4. The van der Waals surface area contributed by atoms with Crippen LogP contribution in [0.15, 0.2) is 52.1 Å². The van der Waals surface area contributed by atoms with Crippen LogP contribution in [0.2, 0.25) is 43.8 Å². The van der Waals surface area contributed by atoms with Crippen molar-refractivity contribution in [2.75, 3.05) is 47.7 Å². The molecule has 0 saturated heterocycles. The van der Waals surface area contributed by atoms with E-state index in [0.29, 0.717) is 28.0 Å². The van der Waals surface area contributed by atoms with Gasteiger partial charge >= 0.3 is 5.97 Å². The maximum atomic E-state index is 14.7. The molecule has 10 nitrogen and oxygen atoms in total. The van der Waals surface area contributed by atoms with Crippen LogP contribution >= 0.6 is 31.9 Å². The average Bonchev–Trinajstić information content (AvgIpc) is 3.33. The van der Waals surface area contributed by atoms with E-state index in [4.69, 9.17) is 28.1 Å². The molecule has 282 valence electrons. The Morgan fingerprint density at radius 2 is 1.64 bits per heavy atom. The molecule has 0 radical (unpaired) electrons. The molecule has 3 atom stereocenters. The minimum Gasteiger partial charge on any atom is -0.497 e. The highest BCUT2D eigenvalue weighted by molar-refractivity contribution is 9.13. The first-order chi connectivity index (χ1) is 23.3. The Morgan fingerprint density at radius 1 is 1.00 bits per heavy atom. The first-order valence-electron chi connectivity index (χ1n) is 16.8. The van der Waals surface area contributed by atoms with Crippen molar-refractivity contribution in [1.29, 1.82) is 0 Å². The molecule has 0 N–H and O–H groups in total. The van der Waals surface area contributed by atoms with E-state index in [1.54, 1.807) is 23.8 Å². The number of ether oxygens (including phenoxy) is 5. The van der Waals surface area contributed by atoms with Crippen LogP contribution in [0.25, 0.3) is 0 Å². The maximum Gasteiger partial charge on any atom is 0.331 e. The Kier molecular flexibility index (Phi) is 17.6. The molecule has 50 heavy (non-hydrogen) atoms. The summed E-state index contributed by atoms with van der Waals surface area (Å²) < 4.78 is 38.4. The number of methoxy groups -OCH3 is 3. The second kappa shape index (κ2) is 19.9. The summed E-state index contributed by atoms with van der Waals surface area (Å²) in [6, 6.07) is 9.38. The zero-order chi connectivity index (χ0) is 37.9. The summed E-state index contributed by atoms with van der Waals surface area (Å²) >= 11 is 7.19. The van der Waals surface area contributed by atoms with Crippen LogP contribution in [0.3, 0.4) is 0 Å². The van der Waals surface area contributed by atoms with Crippen molar-refractivity contribution in [2.45, 2.75) is 90.1 Å². The number of rotatable bonds is 21. The van der Waals surface area contributed by atoms with Gasteiger partial charge in [0.05, 0.1) is 44.6 Å². The molecule has 1 aromatic carbocycles. The molecule has 0 aliphatic rings. The lowest BCUT2D eigenvalue weighted by Crippen LogP contribution is -2.53. The third-order valence-corrected chi connectivity index (χ3v) is 17.2. The Balaban J connectivity index is 2.53. The van der Waals surface area contributed by atoms with Crippen molar-refractivity contribution in [3.05, 3.63) is 63.3 Å². The number of benzene rings is 1. The van der Waals surface area contributed by atoms with Gasteiger partial charge in [0, 0.05) is 34.3 Å². The summed E-state index contributed by atoms with van der Waals surface area (Å²) in [5.41, 5.74) is 1.32. The van der Waals surface area contributed by atoms with Crippen molar-refractivity contribution in [3.8, 4) is 5.75 Å². The minimum atomic E-state index is -2.34. The molecule has 0 aliphatic carbocycles. The van der Waals surface area contributed by atoms with Crippen LogP contribution in [0.4, 0.5) is 0 Å². The molecular weight excluding hydrogens is 804 g/mol. The fourth-order valence-electron chi connectivity index (χ4n) is 4.79. The summed E-state index contributed by atoms with van der Waals surface area (Å²) in [6.45, 7) is 23.3. The zero-order valence-corrected chi connectivity index (χ0v) is 36.9. The SMILES string of the molecule is C=C[C@H](CN(C(=O)c1cc(Br)c(Br)n1COCC[Si](C)(C)C)C(COC)C(=O)OC)[C@H](COCc1ccc(OC)cc1)O[Si](C)(C)C(C)(C)C. The van der Waals surface area contributed by atoms with Crippen LogP contribution in [0, 0.1) is 5.92 Å². The summed E-state index contributed by atoms with van der Waals surface area (Å²) in [5.74, 6) is -0.641. The van der Waals surface area contributed by atoms with Gasteiger partial charge < -0.3 is 37.6 Å². The van der Waals surface area contributed by atoms with Crippen molar-refractivity contribution < 1.29 is 37.7 Å². The number of hydrogen-bond acceptors (Lipinski definition) is 8. The first-order valence-corrected chi connectivity index (χ1v) is 25.0. The van der Waals surface area contributed by atoms with Gasteiger partial charge in [0.25, 0.3) is 5.91 Å². The van der Waals surface area contributed by atoms with Gasteiger partial charge in [-0.3, -0.25) is 4.79 Å². The minimum absolute atomic E-state index is 0.0697. The third-order valence-electron chi connectivity index (χ3n) is 9.01. The van der Waals surface area contributed by atoms with Crippen LogP contribution in [-0.2, 0) is 41.5 Å². The van der Waals surface area contributed by atoms with Gasteiger partial charge in [-0.25, -0.2) is 4.79 Å². The average molecular weight is 863 g/mol. The highest BCUT2D eigenvalue weighted by atomic mass is 79.9. The Labute approximate surface area is 318 Å². The van der Waals surface area contributed by atoms with Crippen molar-refractivity contribution >= 4 is 60.1 Å². The van der Waals surface area contributed by atoms with Crippen molar-refractivity contribution in [1.82, 2.24) is 9.47 Å². The lowest BCUT2D eigenvalue weighted by Gasteiger charge is -2.42. The number of carbonyl (C=O) groups excluding carboxylic acids is 2. The number of aromatic nitrogens is 1. The number of halogens is 2. The third kappa shape index (κ3) is 13.0. The van der Waals surface area contributed by atoms with Gasteiger partial charge in [-0.05, 0) is 79.8 Å². The summed E-state index contributed by atoms with van der Waals surface area (Å²) in [5, 5.41) is -0.0953. The van der Waals surface area contributed by atoms with E-state index in [1.807, 2.05) is 24.3 Å². The van der Waals surface area contributed by atoms with Crippen molar-refractivity contribution in [2.24, 2.45) is 5.92 Å². The van der Waals surface area contributed by atoms with Crippen LogP contribution in [0.5, 0.6) is 5.75 Å². The molecule has 1 aromatic heterocycles.